The van der Waals surface area contributed by atoms with E-state index in [9.17, 15) is 4.79 Å². The minimum Gasteiger partial charge on any atom is -0.368 e. The van der Waals surface area contributed by atoms with Crippen molar-refractivity contribution in [2.24, 2.45) is 11.1 Å². The van der Waals surface area contributed by atoms with E-state index < -0.39 is 11.3 Å². The second-order valence-corrected chi connectivity index (χ2v) is 2.66. The summed E-state index contributed by atoms with van der Waals surface area (Å²) in [4.78, 5) is 10.9. The molecule has 1 atom stereocenters. The van der Waals surface area contributed by atoms with Crippen molar-refractivity contribution in [1.82, 2.24) is 0 Å². The van der Waals surface area contributed by atoms with Gasteiger partial charge in [0.1, 0.15) is 5.41 Å². The normalized spacial score (nSPS) is 15.0. The lowest BCUT2D eigenvalue weighted by Crippen LogP contribution is -2.35. The lowest BCUT2D eigenvalue weighted by molar-refractivity contribution is -0.125. The number of carbonyl (C=O) groups is 1. The number of hydrogen-bond acceptors (Lipinski definition) is 2. The molecule has 2 N–H and O–H groups in total. The molecule has 0 aromatic carbocycles. The van der Waals surface area contributed by atoms with E-state index in [1.54, 1.807) is 0 Å². The number of nitrogens with zero attached hydrogens (tertiary/aromatic N) is 1. The summed E-state index contributed by atoms with van der Waals surface area (Å²) in [5, 5.41) is 8.73. The highest BCUT2D eigenvalue weighted by Gasteiger charge is 2.33. The number of carbonyl (C=O) groups excluding carboxylic acids is 1. The molecule has 1 amide bonds. The zero-order valence-electron chi connectivity index (χ0n) is 7.05. The fraction of sp³-hybridized carbons (Fsp3) is 0.750. The Morgan fingerprint density at radius 3 is 2.27 bits per heavy atom. The summed E-state index contributed by atoms with van der Waals surface area (Å²) in [5.41, 5.74) is 4.20. The summed E-state index contributed by atoms with van der Waals surface area (Å²) in [6.07, 6.45) is 1.88. The molecular weight excluding hydrogens is 140 g/mol. The minimum atomic E-state index is -0.922. The summed E-state index contributed by atoms with van der Waals surface area (Å²) in [7, 11) is 0. The third-order valence-corrected chi connectivity index (χ3v) is 1.97. The first-order valence-electron chi connectivity index (χ1n) is 3.84. The third-order valence-electron chi connectivity index (χ3n) is 1.97. The molecule has 62 valence electrons. The standard InChI is InChI=1S/C8H14N2O/c1-3-5-8(4-2,6-9)7(10)11/h3-5H2,1-2H3,(H2,10,11). The maximum Gasteiger partial charge on any atom is 0.237 e. The fourth-order valence-corrected chi connectivity index (χ4v) is 1.09. The van der Waals surface area contributed by atoms with Crippen LogP contribution in [0.25, 0.3) is 0 Å². The first-order chi connectivity index (χ1) is 5.13. The van der Waals surface area contributed by atoms with Crippen molar-refractivity contribution in [1.29, 1.82) is 5.26 Å². The molecule has 3 nitrogen and oxygen atoms in total. The van der Waals surface area contributed by atoms with E-state index in [4.69, 9.17) is 11.0 Å². The molecule has 0 aromatic heterocycles. The van der Waals surface area contributed by atoms with Gasteiger partial charge in [-0.25, -0.2) is 0 Å². The van der Waals surface area contributed by atoms with Gasteiger partial charge in [-0.2, -0.15) is 5.26 Å². The van der Waals surface area contributed by atoms with E-state index in [0.717, 1.165) is 6.42 Å². The SMILES string of the molecule is CCCC(C#N)(CC)C(N)=O. The molecule has 0 fully saturated rings. The molecule has 0 aromatic rings. The van der Waals surface area contributed by atoms with E-state index in [0.29, 0.717) is 12.8 Å². The van der Waals surface area contributed by atoms with Crippen LogP contribution < -0.4 is 5.73 Å². The molecule has 0 aliphatic rings. The van der Waals surface area contributed by atoms with Gasteiger partial charge in [-0.15, -0.1) is 0 Å². The van der Waals surface area contributed by atoms with Crippen molar-refractivity contribution in [3.8, 4) is 6.07 Å². The maximum absolute atomic E-state index is 10.9. The van der Waals surface area contributed by atoms with Crippen molar-refractivity contribution in [3.63, 3.8) is 0 Å². The van der Waals surface area contributed by atoms with E-state index >= 15 is 0 Å². The first kappa shape index (κ1) is 9.96. The molecule has 0 heterocycles. The molecule has 0 rings (SSSR count). The number of nitriles is 1. The summed E-state index contributed by atoms with van der Waals surface area (Å²) in [6, 6.07) is 1.99. The van der Waals surface area contributed by atoms with E-state index in [-0.39, 0.29) is 0 Å². The lowest BCUT2D eigenvalue weighted by atomic mass is 9.82. The Bertz CT molecular complexity index is 183. The van der Waals surface area contributed by atoms with Gasteiger partial charge in [0.2, 0.25) is 5.91 Å². The maximum atomic E-state index is 10.9. The van der Waals surface area contributed by atoms with Gasteiger partial charge in [-0.1, -0.05) is 20.3 Å². The molecule has 0 saturated heterocycles. The average Bonchev–Trinajstić information content (AvgIpc) is 2.00. The van der Waals surface area contributed by atoms with E-state index in [2.05, 4.69) is 0 Å². The number of hydrogen-bond donors (Lipinski definition) is 1. The lowest BCUT2D eigenvalue weighted by Gasteiger charge is -2.19. The second kappa shape index (κ2) is 3.97. The molecule has 0 saturated carbocycles. The Hall–Kier alpha value is -1.04. The second-order valence-electron chi connectivity index (χ2n) is 2.66. The van der Waals surface area contributed by atoms with Crippen LogP contribution in [0.4, 0.5) is 0 Å². The van der Waals surface area contributed by atoms with Crippen molar-refractivity contribution >= 4 is 5.91 Å². The zero-order chi connectivity index (χ0) is 8.91. The van der Waals surface area contributed by atoms with Gasteiger partial charge >= 0.3 is 0 Å². The minimum absolute atomic E-state index is 0.496. The summed E-state index contributed by atoms with van der Waals surface area (Å²) < 4.78 is 0. The quantitative estimate of drug-likeness (QED) is 0.661. The highest BCUT2D eigenvalue weighted by atomic mass is 16.1. The van der Waals surface area contributed by atoms with Gasteiger partial charge in [0.25, 0.3) is 0 Å². The monoisotopic (exact) mass is 154 g/mol. The third kappa shape index (κ3) is 1.94. The molecule has 0 radical (unpaired) electrons. The van der Waals surface area contributed by atoms with Crippen molar-refractivity contribution < 1.29 is 4.79 Å². The molecular formula is C8H14N2O. The van der Waals surface area contributed by atoms with Gasteiger partial charge in [0.05, 0.1) is 6.07 Å². The van der Waals surface area contributed by atoms with E-state index in [1.807, 2.05) is 19.9 Å². The van der Waals surface area contributed by atoms with Crippen LogP contribution in [0, 0.1) is 16.7 Å². The fourth-order valence-electron chi connectivity index (χ4n) is 1.09. The molecule has 0 aliphatic heterocycles. The molecule has 0 bridgehead atoms. The zero-order valence-corrected chi connectivity index (χ0v) is 7.05. The number of rotatable bonds is 4. The van der Waals surface area contributed by atoms with Crippen LogP contribution in [0.3, 0.4) is 0 Å². The number of amides is 1. The summed E-state index contributed by atoms with van der Waals surface area (Å²) in [5.74, 6) is -0.496. The van der Waals surface area contributed by atoms with Gasteiger partial charge in [0, 0.05) is 0 Å². The topological polar surface area (TPSA) is 66.9 Å². The summed E-state index contributed by atoms with van der Waals surface area (Å²) >= 11 is 0. The Morgan fingerprint density at radius 2 is 2.18 bits per heavy atom. The van der Waals surface area contributed by atoms with Gasteiger partial charge in [-0.05, 0) is 12.8 Å². The smallest absolute Gasteiger partial charge is 0.237 e. The van der Waals surface area contributed by atoms with Crippen LogP contribution in [0.15, 0.2) is 0 Å². The number of primary amides is 1. The van der Waals surface area contributed by atoms with Crippen LogP contribution in [0.5, 0.6) is 0 Å². The summed E-state index contributed by atoms with van der Waals surface area (Å²) in [6.45, 7) is 3.74. The number of nitrogens with two attached hydrogens (primary N) is 1. The van der Waals surface area contributed by atoms with Crippen LogP contribution >= 0.6 is 0 Å². The van der Waals surface area contributed by atoms with Gasteiger partial charge in [-0.3, -0.25) is 4.79 Å². The van der Waals surface area contributed by atoms with Crippen molar-refractivity contribution in [2.75, 3.05) is 0 Å². The average molecular weight is 154 g/mol. The molecule has 1 unspecified atom stereocenters. The Labute approximate surface area is 67.2 Å². The highest BCUT2D eigenvalue weighted by Crippen LogP contribution is 2.26. The first-order valence-corrected chi connectivity index (χ1v) is 3.84. The van der Waals surface area contributed by atoms with Gasteiger partial charge in [0.15, 0.2) is 0 Å². The van der Waals surface area contributed by atoms with Gasteiger partial charge < -0.3 is 5.73 Å². The largest absolute Gasteiger partial charge is 0.368 e. The van der Waals surface area contributed by atoms with Crippen LogP contribution in [-0.2, 0) is 4.79 Å². The van der Waals surface area contributed by atoms with Crippen LogP contribution in [0.1, 0.15) is 33.1 Å². The molecule has 0 aliphatic carbocycles. The van der Waals surface area contributed by atoms with Crippen LogP contribution in [0.2, 0.25) is 0 Å². The molecule has 0 spiro atoms. The van der Waals surface area contributed by atoms with Crippen LogP contribution in [-0.4, -0.2) is 5.91 Å². The molecule has 11 heavy (non-hydrogen) atoms. The Morgan fingerprint density at radius 1 is 1.64 bits per heavy atom. The van der Waals surface area contributed by atoms with E-state index in [1.165, 1.54) is 0 Å². The molecule has 3 heteroatoms. The predicted molar refractivity (Wildman–Crippen MR) is 42.4 cm³/mol. The van der Waals surface area contributed by atoms with Crippen molar-refractivity contribution in [3.05, 3.63) is 0 Å². The highest BCUT2D eigenvalue weighted by molar-refractivity contribution is 5.83. The predicted octanol–water partition coefficient (Wildman–Crippen LogP) is 1.19. The Balaban J connectivity index is 4.50. The Kier molecular flexibility index (Phi) is 3.59. The van der Waals surface area contributed by atoms with Crippen molar-refractivity contribution in [2.45, 2.75) is 33.1 Å².